The van der Waals surface area contributed by atoms with E-state index < -0.39 is 0 Å². The van der Waals surface area contributed by atoms with Crippen LogP contribution in [-0.2, 0) is 13.0 Å². The Morgan fingerprint density at radius 2 is 1.93 bits per heavy atom. The van der Waals surface area contributed by atoms with Gasteiger partial charge in [-0.05, 0) is 43.2 Å². The Morgan fingerprint density at radius 3 is 2.70 bits per heavy atom. The summed E-state index contributed by atoms with van der Waals surface area (Å²) in [4.78, 5) is 4.62. The molecule has 144 valence electrons. The molecule has 0 aliphatic heterocycles. The van der Waals surface area contributed by atoms with Crippen LogP contribution in [0.2, 0.25) is 5.02 Å². The van der Waals surface area contributed by atoms with Crippen molar-refractivity contribution in [2.45, 2.75) is 26.3 Å². The molecule has 0 spiro atoms. The number of nitrogens with zero attached hydrogens (tertiary/aromatic N) is 4. The molecule has 0 saturated heterocycles. The second-order valence-corrected chi connectivity index (χ2v) is 6.33. The highest BCUT2D eigenvalue weighted by molar-refractivity contribution is 14.0. The molecule has 2 N–H and O–H groups in total. The highest BCUT2D eigenvalue weighted by atomic mass is 127. The van der Waals surface area contributed by atoms with Gasteiger partial charge in [0.2, 0.25) is 0 Å². The van der Waals surface area contributed by atoms with Gasteiger partial charge in [-0.3, -0.25) is 4.40 Å². The minimum absolute atomic E-state index is 0. The minimum atomic E-state index is 0. The Morgan fingerprint density at radius 1 is 1.11 bits per heavy atom. The molecule has 0 fully saturated rings. The first-order chi connectivity index (χ1) is 12.8. The number of pyridine rings is 1. The zero-order valence-electron chi connectivity index (χ0n) is 15.2. The summed E-state index contributed by atoms with van der Waals surface area (Å²) in [5, 5.41) is 15.8. The highest BCUT2D eigenvalue weighted by Crippen LogP contribution is 2.10. The molecule has 6 nitrogen and oxygen atoms in total. The number of aromatic nitrogens is 3. The zero-order valence-corrected chi connectivity index (χ0v) is 18.3. The summed E-state index contributed by atoms with van der Waals surface area (Å²) in [7, 11) is 0. The monoisotopic (exact) mass is 498 g/mol. The van der Waals surface area contributed by atoms with Gasteiger partial charge in [-0.25, -0.2) is 4.99 Å². The summed E-state index contributed by atoms with van der Waals surface area (Å²) < 4.78 is 2.03. The van der Waals surface area contributed by atoms with Gasteiger partial charge in [0.1, 0.15) is 5.82 Å². The molecule has 2 heterocycles. The standard InChI is InChI=1S/C19H23ClN6.HI/c1-2-21-19(23-14-15-8-10-16(20)11-9-15)22-12-5-7-18-25-24-17-6-3-4-13-26(17)18;/h3-4,6,8-11,13H,2,5,7,12,14H2,1H3,(H2,21,22,23);1H. The molecule has 8 heteroatoms. The Balaban J connectivity index is 0.00000261. The predicted molar refractivity (Wildman–Crippen MR) is 121 cm³/mol. The van der Waals surface area contributed by atoms with Gasteiger partial charge in [-0.15, -0.1) is 34.2 Å². The SMILES string of the molecule is CCNC(=NCc1ccc(Cl)cc1)NCCCc1nnc2ccccn12.I. The number of aryl methyl sites for hydroxylation is 1. The molecule has 0 aliphatic rings. The third-order valence-corrected chi connectivity index (χ3v) is 4.18. The van der Waals surface area contributed by atoms with Gasteiger partial charge in [-0.2, -0.15) is 0 Å². The maximum Gasteiger partial charge on any atom is 0.191 e. The topological polar surface area (TPSA) is 66.6 Å². The number of fused-ring (bicyclic) bond motifs is 1. The predicted octanol–water partition coefficient (Wildman–Crippen LogP) is 3.69. The van der Waals surface area contributed by atoms with Crippen LogP contribution in [0.1, 0.15) is 24.7 Å². The average Bonchev–Trinajstić information content (AvgIpc) is 3.07. The van der Waals surface area contributed by atoms with Crippen LogP contribution in [0.25, 0.3) is 5.65 Å². The van der Waals surface area contributed by atoms with Crippen molar-refractivity contribution in [3.05, 3.63) is 65.1 Å². The Kier molecular flexibility index (Phi) is 8.80. The van der Waals surface area contributed by atoms with Crippen molar-refractivity contribution in [3.63, 3.8) is 0 Å². The lowest BCUT2D eigenvalue weighted by Gasteiger charge is -2.11. The quantitative estimate of drug-likeness (QED) is 0.226. The molecule has 3 aromatic rings. The van der Waals surface area contributed by atoms with Crippen molar-refractivity contribution in [2.75, 3.05) is 13.1 Å². The van der Waals surface area contributed by atoms with Crippen molar-refractivity contribution in [1.29, 1.82) is 0 Å². The van der Waals surface area contributed by atoms with E-state index in [1.54, 1.807) is 0 Å². The lowest BCUT2D eigenvalue weighted by Crippen LogP contribution is -2.37. The first kappa shape index (κ1) is 21.4. The third kappa shape index (κ3) is 6.35. The molecular formula is C19H24ClIN6. The average molecular weight is 499 g/mol. The van der Waals surface area contributed by atoms with Crippen LogP contribution in [0.4, 0.5) is 0 Å². The summed E-state index contributed by atoms with van der Waals surface area (Å²) in [5.74, 6) is 1.79. The minimum Gasteiger partial charge on any atom is -0.357 e. The van der Waals surface area contributed by atoms with Crippen LogP contribution in [0.15, 0.2) is 53.7 Å². The first-order valence-corrected chi connectivity index (χ1v) is 9.19. The molecule has 0 amide bonds. The number of guanidine groups is 1. The van der Waals surface area contributed by atoms with E-state index in [0.29, 0.717) is 6.54 Å². The number of nitrogens with one attached hydrogen (secondary N) is 2. The van der Waals surface area contributed by atoms with Crippen LogP contribution < -0.4 is 10.6 Å². The van der Waals surface area contributed by atoms with Gasteiger partial charge < -0.3 is 10.6 Å². The van der Waals surface area contributed by atoms with Gasteiger partial charge >= 0.3 is 0 Å². The number of halogens is 2. The Bertz CT molecular complexity index is 862. The number of aliphatic imine (C=N–C) groups is 1. The second-order valence-electron chi connectivity index (χ2n) is 5.90. The molecular weight excluding hydrogens is 475 g/mol. The summed E-state index contributed by atoms with van der Waals surface area (Å²) in [6.07, 6.45) is 3.80. The van der Waals surface area contributed by atoms with Crippen molar-refractivity contribution in [3.8, 4) is 0 Å². The highest BCUT2D eigenvalue weighted by Gasteiger charge is 2.04. The van der Waals surface area contributed by atoms with Gasteiger partial charge in [0.25, 0.3) is 0 Å². The molecule has 1 aromatic carbocycles. The van der Waals surface area contributed by atoms with Crippen LogP contribution in [0, 0.1) is 0 Å². The van der Waals surface area contributed by atoms with E-state index >= 15 is 0 Å². The molecule has 0 radical (unpaired) electrons. The number of rotatable bonds is 7. The fraction of sp³-hybridized carbons (Fsp3) is 0.316. The van der Waals surface area contributed by atoms with E-state index in [1.165, 1.54) is 0 Å². The maximum atomic E-state index is 5.92. The Hall–Kier alpha value is -1.87. The van der Waals surface area contributed by atoms with E-state index in [9.17, 15) is 0 Å². The molecule has 0 saturated carbocycles. The van der Waals surface area contributed by atoms with Crippen LogP contribution in [-0.4, -0.2) is 33.6 Å². The molecule has 0 unspecified atom stereocenters. The van der Waals surface area contributed by atoms with Gasteiger partial charge in [0.15, 0.2) is 11.6 Å². The normalized spacial score (nSPS) is 11.3. The van der Waals surface area contributed by atoms with Gasteiger partial charge in [-0.1, -0.05) is 29.8 Å². The van der Waals surface area contributed by atoms with Crippen molar-refractivity contribution in [1.82, 2.24) is 25.2 Å². The molecule has 0 aliphatic carbocycles. The zero-order chi connectivity index (χ0) is 18.2. The number of hydrogen-bond donors (Lipinski definition) is 2. The van der Waals surface area contributed by atoms with Gasteiger partial charge in [0, 0.05) is 30.7 Å². The number of benzene rings is 1. The largest absolute Gasteiger partial charge is 0.357 e. The summed E-state index contributed by atoms with van der Waals surface area (Å²) in [6, 6.07) is 13.7. The van der Waals surface area contributed by atoms with E-state index in [4.69, 9.17) is 11.6 Å². The Labute approximate surface area is 181 Å². The maximum absolute atomic E-state index is 5.92. The lowest BCUT2D eigenvalue weighted by molar-refractivity contribution is 0.715. The number of hydrogen-bond acceptors (Lipinski definition) is 3. The van der Waals surface area contributed by atoms with Crippen molar-refractivity contribution >= 4 is 47.2 Å². The van der Waals surface area contributed by atoms with Gasteiger partial charge in [0.05, 0.1) is 6.54 Å². The molecule has 3 rings (SSSR count). The fourth-order valence-corrected chi connectivity index (χ4v) is 2.74. The van der Waals surface area contributed by atoms with Crippen LogP contribution in [0.3, 0.4) is 0 Å². The lowest BCUT2D eigenvalue weighted by atomic mass is 10.2. The molecule has 0 bridgehead atoms. The van der Waals surface area contributed by atoms with Crippen molar-refractivity contribution < 1.29 is 0 Å². The summed E-state index contributed by atoms with van der Waals surface area (Å²) >= 11 is 5.92. The van der Waals surface area contributed by atoms with E-state index in [2.05, 4.69) is 32.7 Å². The first-order valence-electron chi connectivity index (χ1n) is 8.81. The summed E-state index contributed by atoms with van der Waals surface area (Å²) in [6.45, 7) is 4.30. The van der Waals surface area contributed by atoms with Crippen LogP contribution in [0.5, 0.6) is 0 Å². The third-order valence-electron chi connectivity index (χ3n) is 3.93. The fourth-order valence-electron chi connectivity index (χ4n) is 2.62. The van der Waals surface area contributed by atoms with E-state index in [1.807, 2.05) is 53.1 Å². The summed E-state index contributed by atoms with van der Waals surface area (Å²) in [5.41, 5.74) is 2.01. The molecule has 0 atom stereocenters. The van der Waals surface area contributed by atoms with Crippen molar-refractivity contribution in [2.24, 2.45) is 4.99 Å². The smallest absolute Gasteiger partial charge is 0.191 e. The van der Waals surface area contributed by atoms with Crippen LogP contribution >= 0.6 is 35.6 Å². The second kappa shape index (κ2) is 11.1. The van der Waals surface area contributed by atoms with E-state index in [-0.39, 0.29) is 24.0 Å². The molecule has 2 aromatic heterocycles. The molecule has 27 heavy (non-hydrogen) atoms. The van der Waals surface area contributed by atoms with E-state index in [0.717, 1.165) is 53.9 Å².